The molecule has 0 unspecified atom stereocenters. The molecule has 226 valence electrons. The molecule has 0 aliphatic carbocycles. The van der Waals surface area contributed by atoms with Crippen molar-refractivity contribution in [3.63, 3.8) is 0 Å². The Kier molecular flexibility index (Phi) is 9.02. The monoisotopic (exact) mass is 572 g/mol. The van der Waals surface area contributed by atoms with E-state index in [9.17, 15) is 19.5 Å². The van der Waals surface area contributed by atoms with E-state index in [1.807, 2.05) is 32.1 Å². The Morgan fingerprint density at radius 3 is 2.54 bits per heavy atom. The number of rotatable bonds is 10. The van der Waals surface area contributed by atoms with Gasteiger partial charge in [0.25, 0.3) is 0 Å². The van der Waals surface area contributed by atoms with Crippen molar-refractivity contribution >= 4 is 17.7 Å². The van der Waals surface area contributed by atoms with Crippen LogP contribution in [0.2, 0.25) is 0 Å². The molecule has 0 bridgehead atoms. The first kappa shape index (κ1) is 31.2. The highest BCUT2D eigenvalue weighted by molar-refractivity contribution is 6.00. The third kappa shape index (κ3) is 6.52. The Hall–Kier alpha value is -2.75. The molecule has 1 spiro atoms. The molecule has 0 aromatic heterocycles. The van der Waals surface area contributed by atoms with Gasteiger partial charge < -0.3 is 28.8 Å². The maximum absolute atomic E-state index is 13.4. The van der Waals surface area contributed by atoms with Gasteiger partial charge in [-0.3, -0.25) is 14.4 Å². The molecule has 4 rings (SSSR count). The molecule has 0 saturated carbocycles. The number of phenols is 1. The lowest BCUT2D eigenvalue weighted by Gasteiger charge is -2.46. The fourth-order valence-electron chi connectivity index (χ4n) is 6.50. The van der Waals surface area contributed by atoms with Crippen LogP contribution in [0.25, 0.3) is 0 Å². The first-order valence-corrected chi connectivity index (χ1v) is 14.5. The molecule has 3 aliphatic rings. The molecule has 1 aromatic rings. The minimum atomic E-state index is -1.26. The molecule has 2 fully saturated rings. The standard InChI is InChI=1S/C32H44O9/c1-19(11-12-24(37-7)22-9-8-10-23(33)15-22)29-20(2)13-14-32(40-29)30(4,5)18-31(6,41-32)26(34)17-28(36)39-25-16-27(35)38-21(25)3/h8-10,13-15,19-21,24-25,29,33H,11-12,16-18H2,1-7H3/t19-,20+,21-,24+,25-,29-,31-,32+/m1/s1. The number of phenolic OH excluding ortho intramolecular Hbond substituents is 1. The number of benzene rings is 1. The van der Waals surface area contributed by atoms with Gasteiger partial charge in [-0.2, -0.15) is 0 Å². The lowest BCUT2D eigenvalue weighted by molar-refractivity contribution is -0.282. The molecule has 3 heterocycles. The van der Waals surface area contributed by atoms with Gasteiger partial charge in [0.15, 0.2) is 11.6 Å². The normalized spacial score (nSPS) is 33.9. The van der Waals surface area contributed by atoms with E-state index >= 15 is 0 Å². The summed E-state index contributed by atoms with van der Waals surface area (Å²) >= 11 is 0. The number of methoxy groups -OCH3 is 1. The van der Waals surface area contributed by atoms with E-state index in [1.165, 1.54) is 0 Å². The van der Waals surface area contributed by atoms with Crippen LogP contribution in [0.1, 0.15) is 85.3 Å². The van der Waals surface area contributed by atoms with Gasteiger partial charge in [-0.05, 0) is 62.8 Å². The summed E-state index contributed by atoms with van der Waals surface area (Å²) in [4.78, 5) is 37.5. The van der Waals surface area contributed by atoms with Gasteiger partial charge in [0.2, 0.25) is 0 Å². The summed E-state index contributed by atoms with van der Waals surface area (Å²) in [5, 5.41) is 9.89. The van der Waals surface area contributed by atoms with Crippen LogP contribution in [-0.4, -0.2) is 59.6 Å². The Morgan fingerprint density at radius 1 is 1.17 bits per heavy atom. The average Bonchev–Trinajstić information content (AvgIpc) is 3.31. The van der Waals surface area contributed by atoms with Crippen LogP contribution < -0.4 is 0 Å². The van der Waals surface area contributed by atoms with Gasteiger partial charge >= 0.3 is 11.9 Å². The molecule has 41 heavy (non-hydrogen) atoms. The second-order valence-electron chi connectivity index (χ2n) is 12.8. The summed E-state index contributed by atoms with van der Waals surface area (Å²) in [5.41, 5.74) is -0.902. The van der Waals surface area contributed by atoms with Gasteiger partial charge in [-0.25, -0.2) is 0 Å². The van der Waals surface area contributed by atoms with E-state index in [-0.39, 0.29) is 42.0 Å². The topological polar surface area (TPSA) is 118 Å². The summed E-state index contributed by atoms with van der Waals surface area (Å²) < 4.78 is 29.5. The van der Waals surface area contributed by atoms with Crippen molar-refractivity contribution in [2.75, 3.05) is 7.11 Å². The molecule has 2 saturated heterocycles. The molecule has 9 nitrogen and oxygen atoms in total. The number of carbonyl (C=O) groups excluding carboxylic acids is 3. The van der Waals surface area contributed by atoms with Crippen LogP contribution in [0.5, 0.6) is 5.75 Å². The highest BCUT2D eigenvalue weighted by Gasteiger charge is 2.63. The van der Waals surface area contributed by atoms with E-state index in [0.717, 1.165) is 18.4 Å². The van der Waals surface area contributed by atoms with Gasteiger partial charge in [0.05, 0.1) is 18.6 Å². The summed E-state index contributed by atoms with van der Waals surface area (Å²) in [5.74, 6) is -2.19. The molecule has 3 aliphatic heterocycles. The van der Waals surface area contributed by atoms with Crippen LogP contribution in [0.15, 0.2) is 36.4 Å². The Labute approximate surface area is 242 Å². The lowest BCUT2D eigenvalue weighted by atomic mass is 9.75. The number of ketones is 1. The zero-order valence-electron chi connectivity index (χ0n) is 25.2. The quantitative estimate of drug-likeness (QED) is 0.229. The highest BCUT2D eigenvalue weighted by Crippen LogP contribution is 2.55. The van der Waals surface area contributed by atoms with Crippen molar-refractivity contribution < 1.29 is 43.2 Å². The highest BCUT2D eigenvalue weighted by atomic mass is 16.7. The Bertz CT molecular complexity index is 1180. The number of esters is 2. The molecule has 0 radical (unpaired) electrons. The van der Waals surface area contributed by atoms with Crippen LogP contribution in [0, 0.1) is 17.3 Å². The maximum atomic E-state index is 13.4. The molecule has 1 N–H and O–H groups in total. The van der Waals surface area contributed by atoms with E-state index in [1.54, 1.807) is 33.1 Å². The van der Waals surface area contributed by atoms with Gasteiger partial charge in [-0.1, -0.05) is 45.9 Å². The minimum Gasteiger partial charge on any atom is -0.508 e. The minimum absolute atomic E-state index is 0.0135. The fourth-order valence-corrected chi connectivity index (χ4v) is 6.50. The zero-order chi connectivity index (χ0) is 30.2. The van der Waals surface area contributed by atoms with E-state index in [2.05, 4.69) is 19.9 Å². The van der Waals surface area contributed by atoms with Crippen molar-refractivity contribution in [3.8, 4) is 5.75 Å². The number of carbonyl (C=O) groups is 3. The fraction of sp³-hybridized carbons (Fsp3) is 0.656. The van der Waals surface area contributed by atoms with Crippen LogP contribution in [0.4, 0.5) is 0 Å². The number of hydrogen-bond donors (Lipinski definition) is 1. The third-order valence-electron chi connectivity index (χ3n) is 8.91. The number of hydrogen-bond acceptors (Lipinski definition) is 9. The smallest absolute Gasteiger partial charge is 0.313 e. The van der Waals surface area contributed by atoms with E-state index in [0.29, 0.717) is 6.42 Å². The average molecular weight is 573 g/mol. The number of cyclic esters (lactones) is 1. The number of ether oxygens (including phenoxy) is 5. The van der Waals surface area contributed by atoms with Crippen LogP contribution in [-0.2, 0) is 38.1 Å². The van der Waals surface area contributed by atoms with E-state index < -0.39 is 47.4 Å². The van der Waals surface area contributed by atoms with Gasteiger partial charge in [0, 0.05) is 18.4 Å². The van der Waals surface area contributed by atoms with Crippen molar-refractivity contribution in [1.82, 2.24) is 0 Å². The summed E-state index contributed by atoms with van der Waals surface area (Å²) in [6, 6.07) is 7.11. The summed E-state index contributed by atoms with van der Waals surface area (Å²) in [6.07, 6.45) is 3.87. The molecular weight excluding hydrogens is 528 g/mol. The van der Waals surface area contributed by atoms with Gasteiger partial charge in [0.1, 0.15) is 30.0 Å². The van der Waals surface area contributed by atoms with Crippen molar-refractivity contribution in [1.29, 1.82) is 0 Å². The zero-order valence-corrected chi connectivity index (χ0v) is 25.2. The largest absolute Gasteiger partial charge is 0.508 e. The van der Waals surface area contributed by atoms with Gasteiger partial charge in [-0.15, -0.1) is 0 Å². The van der Waals surface area contributed by atoms with E-state index in [4.69, 9.17) is 23.7 Å². The predicted molar refractivity (Wildman–Crippen MR) is 150 cm³/mol. The Morgan fingerprint density at radius 2 is 1.90 bits per heavy atom. The SMILES string of the molecule is CO[C@@H](CC[C@@H](C)[C@H]1O[C@@]2(C=C[C@@H]1C)O[C@@](C)(C(=O)CC(=O)O[C@@H]1CC(=O)O[C@@H]1C)CC2(C)C)c1cccc(O)c1. The van der Waals surface area contributed by atoms with Crippen LogP contribution in [0.3, 0.4) is 0 Å². The first-order valence-electron chi connectivity index (χ1n) is 14.5. The maximum Gasteiger partial charge on any atom is 0.313 e. The first-order chi connectivity index (χ1) is 19.2. The van der Waals surface area contributed by atoms with Crippen molar-refractivity contribution in [2.45, 2.75) is 109 Å². The molecule has 1 aromatic carbocycles. The third-order valence-corrected chi connectivity index (χ3v) is 8.91. The van der Waals surface area contributed by atoms with Crippen molar-refractivity contribution in [3.05, 3.63) is 42.0 Å². The van der Waals surface area contributed by atoms with Crippen molar-refractivity contribution in [2.24, 2.45) is 17.3 Å². The molecule has 0 amide bonds. The second-order valence-corrected chi connectivity index (χ2v) is 12.8. The Balaban J connectivity index is 1.42. The summed E-state index contributed by atoms with van der Waals surface area (Å²) in [6.45, 7) is 11.6. The van der Waals surface area contributed by atoms with Crippen LogP contribution >= 0.6 is 0 Å². The number of Topliss-reactive ketones (excluding diaryl/α,β-unsaturated/α-hetero) is 1. The predicted octanol–water partition coefficient (Wildman–Crippen LogP) is 5.20. The summed E-state index contributed by atoms with van der Waals surface area (Å²) in [7, 11) is 1.67. The lowest BCUT2D eigenvalue weighted by Crippen LogP contribution is -2.51. The molecular formula is C32H44O9. The molecule has 9 heteroatoms. The molecule has 8 atom stereocenters. The number of aromatic hydroxyl groups is 1. The second kappa shape index (κ2) is 11.9.